The van der Waals surface area contributed by atoms with Crippen molar-refractivity contribution in [3.63, 3.8) is 0 Å². The molecular weight excluding hydrogens is 302 g/mol. The van der Waals surface area contributed by atoms with Gasteiger partial charge in [0.05, 0.1) is 6.04 Å². The fourth-order valence-electron chi connectivity index (χ4n) is 2.32. The monoisotopic (exact) mass is 320 g/mol. The Morgan fingerprint density at radius 2 is 2.04 bits per heavy atom. The van der Waals surface area contributed by atoms with Gasteiger partial charge in [-0.15, -0.1) is 0 Å². The molecule has 0 aliphatic rings. The van der Waals surface area contributed by atoms with Gasteiger partial charge in [0.15, 0.2) is 0 Å². The first-order valence-electron chi connectivity index (χ1n) is 7.41. The fourth-order valence-corrected chi connectivity index (χ4v) is 2.32. The zero-order valence-corrected chi connectivity index (χ0v) is 12.8. The number of benzene rings is 1. The number of nitrogens with one attached hydrogen (secondary N) is 1. The first-order chi connectivity index (χ1) is 11.0. The Kier molecular flexibility index (Phi) is 5.62. The number of aryl methyl sites for hydroxylation is 1. The minimum absolute atomic E-state index is 0.0807. The van der Waals surface area contributed by atoms with Crippen molar-refractivity contribution in [2.24, 2.45) is 0 Å². The van der Waals surface area contributed by atoms with Crippen molar-refractivity contribution in [2.45, 2.75) is 32.4 Å². The third-order valence-corrected chi connectivity index (χ3v) is 3.56. The maximum atomic E-state index is 13.8. The van der Waals surface area contributed by atoms with Crippen molar-refractivity contribution in [1.29, 1.82) is 0 Å². The summed E-state index contributed by atoms with van der Waals surface area (Å²) < 4.78 is 28.5. The molecular formula is C17H18F2N2O2. The van der Waals surface area contributed by atoms with Crippen LogP contribution in [0.4, 0.5) is 8.78 Å². The second kappa shape index (κ2) is 7.67. The summed E-state index contributed by atoms with van der Waals surface area (Å²) in [6.45, 7) is 2.00. The van der Waals surface area contributed by atoms with Gasteiger partial charge in [-0.25, -0.2) is 8.78 Å². The minimum Gasteiger partial charge on any atom is -0.349 e. The summed E-state index contributed by atoms with van der Waals surface area (Å²) in [5, 5.41) is 2.68. The molecule has 1 N–H and O–H groups in total. The molecule has 0 bridgehead atoms. The van der Waals surface area contributed by atoms with Crippen LogP contribution in [0.25, 0.3) is 0 Å². The first-order valence-corrected chi connectivity index (χ1v) is 7.41. The van der Waals surface area contributed by atoms with E-state index in [2.05, 4.69) is 5.32 Å². The van der Waals surface area contributed by atoms with E-state index < -0.39 is 17.7 Å². The van der Waals surface area contributed by atoms with E-state index in [1.165, 1.54) is 10.6 Å². The fraction of sp³-hybridized carbons (Fsp3) is 0.294. The molecule has 6 heteroatoms. The largest absolute Gasteiger partial charge is 0.349 e. The lowest BCUT2D eigenvalue weighted by atomic mass is 10.0. The molecule has 1 aromatic heterocycles. The third kappa shape index (κ3) is 4.48. The smallest absolute Gasteiger partial charge is 0.250 e. The number of pyridine rings is 1. The molecule has 0 radical (unpaired) electrons. The van der Waals surface area contributed by atoms with Crippen molar-refractivity contribution >= 4 is 5.91 Å². The van der Waals surface area contributed by atoms with Crippen molar-refractivity contribution in [3.05, 3.63) is 70.1 Å². The molecule has 2 aromatic rings. The summed E-state index contributed by atoms with van der Waals surface area (Å²) in [6, 6.07) is 7.30. The molecule has 0 unspecified atom stereocenters. The Morgan fingerprint density at radius 1 is 1.26 bits per heavy atom. The van der Waals surface area contributed by atoms with E-state index in [0.29, 0.717) is 6.42 Å². The van der Waals surface area contributed by atoms with Gasteiger partial charge in [0, 0.05) is 30.8 Å². The number of hydrogen-bond acceptors (Lipinski definition) is 2. The predicted octanol–water partition coefficient (Wildman–Crippen LogP) is 2.78. The van der Waals surface area contributed by atoms with Crippen LogP contribution < -0.4 is 10.9 Å². The maximum Gasteiger partial charge on any atom is 0.250 e. The van der Waals surface area contributed by atoms with Gasteiger partial charge in [-0.05, 0) is 30.7 Å². The number of aromatic nitrogens is 1. The van der Waals surface area contributed by atoms with Crippen LogP contribution >= 0.6 is 0 Å². The van der Waals surface area contributed by atoms with E-state index in [1.54, 1.807) is 25.3 Å². The molecule has 0 spiro atoms. The number of nitrogens with zero attached hydrogens (tertiary/aromatic N) is 1. The Balaban J connectivity index is 2.01. The lowest BCUT2D eigenvalue weighted by Crippen LogP contribution is -2.30. The molecule has 0 fully saturated rings. The van der Waals surface area contributed by atoms with Crippen LogP contribution in [0.3, 0.4) is 0 Å². The number of amides is 1. The van der Waals surface area contributed by atoms with E-state index in [9.17, 15) is 18.4 Å². The van der Waals surface area contributed by atoms with E-state index in [4.69, 9.17) is 0 Å². The molecule has 0 saturated carbocycles. The SMILES string of the molecule is CC[C@H](NC(=O)CCn1ccccc1=O)c1cc(F)ccc1F. The van der Waals surface area contributed by atoms with Crippen LogP contribution in [0.5, 0.6) is 0 Å². The summed E-state index contributed by atoms with van der Waals surface area (Å²) in [6.07, 6.45) is 2.11. The molecule has 1 aromatic carbocycles. The molecule has 2 rings (SSSR count). The van der Waals surface area contributed by atoms with Crippen molar-refractivity contribution < 1.29 is 13.6 Å². The topological polar surface area (TPSA) is 51.1 Å². The average Bonchev–Trinajstić information content (AvgIpc) is 2.54. The average molecular weight is 320 g/mol. The first kappa shape index (κ1) is 16.9. The Hall–Kier alpha value is -2.50. The highest BCUT2D eigenvalue weighted by atomic mass is 19.1. The zero-order chi connectivity index (χ0) is 16.8. The molecule has 1 heterocycles. The van der Waals surface area contributed by atoms with Crippen LogP contribution in [0.1, 0.15) is 31.4 Å². The highest BCUT2D eigenvalue weighted by molar-refractivity contribution is 5.76. The predicted molar refractivity (Wildman–Crippen MR) is 82.9 cm³/mol. The second-order valence-electron chi connectivity index (χ2n) is 5.18. The number of rotatable bonds is 6. The van der Waals surface area contributed by atoms with Gasteiger partial charge in [0.1, 0.15) is 11.6 Å². The third-order valence-electron chi connectivity index (χ3n) is 3.56. The summed E-state index contributed by atoms with van der Waals surface area (Å²) in [7, 11) is 0. The van der Waals surface area contributed by atoms with E-state index in [1.807, 2.05) is 0 Å². The summed E-state index contributed by atoms with van der Waals surface area (Å²) in [5.74, 6) is -1.43. The highest BCUT2D eigenvalue weighted by Gasteiger charge is 2.17. The van der Waals surface area contributed by atoms with Crippen LogP contribution in [0.15, 0.2) is 47.4 Å². The lowest BCUT2D eigenvalue weighted by Gasteiger charge is -2.18. The Labute approximate surface area is 132 Å². The highest BCUT2D eigenvalue weighted by Crippen LogP contribution is 2.21. The Bertz CT molecular complexity index is 743. The van der Waals surface area contributed by atoms with Gasteiger partial charge in [0.25, 0.3) is 5.56 Å². The standard InChI is InChI=1S/C17H18F2N2O2/c1-2-15(13-11-12(18)6-7-14(13)19)20-16(22)8-10-21-9-4-3-5-17(21)23/h3-7,9,11,15H,2,8,10H2,1H3,(H,20,22)/t15-/m0/s1. The molecule has 1 amide bonds. The van der Waals surface area contributed by atoms with E-state index >= 15 is 0 Å². The normalized spacial score (nSPS) is 12.0. The summed E-state index contributed by atoms with van der Waals surface area (Å²) in [5.41, 5.74) is -0.0683. The number of hydrogen-bond donors (Lipinski definition) is 1. The van der Waals surface area contributed by atoms with Gasteiger partial charge in [-0.3, -0.25) is 9.59 Å². The van der Waals surface area contributed by atoms with Gasteiger partial charge in [-0.2, -0.15) is 0 Å². The van der Waals surface area contributed by atoms with Gasteiger partial charge in [0.2, 0.25) is 5.91 Å². The number of carbonyl (C=O) groups is 1. The van der Waals surface area contributed by atoms with E-state index in [-0.39, 0.29) is 30.0 Å². The zero-order valence-electron chi connectivity index (χ0n) is 12.8. The quantitative estimate of drug-likeness (QED) is 0.890. The van der Waals surface area contributed by atoms with Gasteiger partial charge < -0.3 is 9.88 Å². The molecule has 0 aliphatic carbocycles. The van der Waals surface area contributed by atoms with Crippen molar-refractivity contribution in [2.75, 3.05) is 0 Å². The van der Waals surface area contributed by atoms with Crippen LogP contribution in [0, 0.1) is 11.6 Å². The van der Waals surface area contributed by atoms with Crippen LogP contribution in [0.2, 0.25) is 0 Å². The molecule has 23 heavy (non-hydrogen) atoms. The van der Waals surface area contributed by atoms with E-state index in [0.717, 1.165) is 18.2 Å². The summed E-state index contributed by atoms with van der Waals surface area (Å²) in [4.78, 5) is 23.6. The van der Waals surface area contributed by atoms with Crippen molar-refractivity contribution in [3.8, 4) is 0 Å². The molecule has 0 saturated heterocycles. The van der Waals surface area contributed by atoms with Crippen LogP contribution in [-0.2, 0) is 11.3 Å². The molecule has 122 valence electrons. The molecule has 0 aliphatic heterocycles. The second-order valence-corrected chi connectivity index (χ2v) is 5.18. The number of halogens is 2. The Morgan fingerprint density at radius 3 is 2.74 bits per heavy atom. The summed E-state index contributed by atoms with van der Waals surface area (Å²) >= 11 is 0. The van der Waals surface area contributed by atoms with Gasteiger partial charge in [-0.1, -0.05) is 13.0 Å². The minimum atomic E-state index is -0.606. The maximum absolute atomic E-state index is 13.8. The molecule has 1 atom stereocenters. The number of carbonyl (C=O) groups excluding carboxylic acids is 1. The lowest BCUT2D eigenvalue weighted by molar-refractivity contribution is -0.122. The molecule has 4 nitrogen and oxygen atoms in total. The van der Waals surface area contributed by atoms with Crippen LogP contribution in [-0.4, -0.2) is 10.5 Å². The van der Waals surface area contributed by atoms with Gasteiger partial charge >= 0.3 is 0 Å². The van der Waals surface area contributed by atoms with Crippen molar-refractivity contribution in [1.82, 2.24) is 9.88 Å².